The van der Waals surface area contributed by atoms with Crippen LogP contribution in [0.3, 0.4) is 0 Å². The molecular formula is C34H38N4O. The maximum Gasteiger partial charge on any atom is 0.143 e. The van der Waals surface area contributed by atoms with Crippen molar-refractivity contribution in [2.75, 3.05) is 0 Å². The third-order valence-electron chi connectivity index (χ3n) is 6.52. The summed E-state index contributed by atoms with van der Waals surface area (Å²) in [5, 5.41) is 0. The summed E-state index contributed by atoms with van der Waals surface area (Å²) in [7, 11) is 0. The molecule has 2 N–H and O–H groups in total. The second-order valence-electron chi connectivity index (χ2n) is 9.65. The molecule has 2 aromatic carbocycles. The van der Waals surface area contributed by atoms with Crippen LogP contribution in [0.15, 0.2) is 61.4 Å². The average molecular weight is 519 g/mol. The topological polar surface area (TPSA) is 66.6 Å². The van der Waals surface area contributed by atoms with Crippen molar-refractivity contribution >= 4 is 0 Å². The fourth-order valence-corrected chi connectivity index (χ4v) is 4.48. The second kappa shape index (κ2) is 15.3. The molecule has 0 saturated carbocycles. The molecule has 2 heterocycles. The maximum absolute atomic E-state index is 6.65. The van der Waals surface area contributed by atoms with Gasteiger partial charge in [0.25, 0.3) is 0 Å². The summed E-state index contributed by atoms with van der Waals surface area (Å²) in [6.07, 6.45) is 16.8. The molecule has 0 bridgehead atoms. The Morgan fingerprint density at radius 2 is 1.15 bits per heavy atom. The van der Waals surface area contributed by atoms with Crippen LogP contribution in [0.4, 0.5) is 0 Å². The van der Waals surface area contributed by atoms with E-state index in [1.165, 1.54) is 11.1 Å². The molecule has 5 nitrogen and oxygen atoms in total. The van der Waals surface area contributed by atoms with Crippen LogP contribution in [-0.4, -0.2) is 19.9 Å². The van der Waals surface area contributed by atoms with Gasteiger partial charge in [0.1, 0.15) is 11.5 Å². The fourth-order valence-electron chi connectivity index (χ4n) is 4.48. The Kier molecular flexibility index (Phi) is 10.9. The van der Waals surface area contributed by atoms with E-state index in [0.29, 0.717) is 0 Å². The predicted octanol–water partition coefficient (Wildman–Crippen LogP) is 7.58. The zero-order chi connectivity index (χ0) is 27.1. The molecule has 0 aliphatic carbocycles. The molecule has 0 saturated heterocycles. The van der Waals surface area contributed by atoms with Gasteiger partial charge in [0.2, 0.25) is 0 Å². The van der Waals surface area contributed by atoms with Gasteiger partial charge in [0.05, 0.1) is 23.8 Å². The number of H-pyrrole nitrogens is 2. The van der Waals surface area contributed by atoms with Gasteiger partial charge in [-0.2, -0.15) is 0 Å². The highest BCUT2D eigenvalue weighted by Crippen LogP contribution is 2.32. The second-order valence-corrected chi connectivity index (χ2v) is 9.65. The third-order valence-corrected chi connectivity index (χ3v) is 6.52. The average Bonchev–Trinajstić information content (AvgIpc) is 3.66. The van der Waals surface area contributed by atoms with Gasteiger partial charge in [-0.05, 0) is 74.6 Å². The summed E-state index contributed by atoms with van der Waals surface area (Å²) >= 11 is 0. The van der Waals surface area contributed by atoms with Gasteiger partial charge in [-0.3, -0.25) is 0 Å². The summed E-state index contributed by atoms with van der Waals surface area (Å²) in [5.41, 5.74) is 6.69. The van der Waals surface area contributed by atoms with Crippen LogP contribution < -0.4 is 4.74 Å². The van der Waals surface area contributed by atoms with Gasteiger partial charge in [0, 0.05) is 36.6 Å². The highest BCUT2D eigenvalue weighted by atomic mass is 16.5. The molecule has 2 aromatic heterocycles. The first-order chi connectivity index (χ1) is 19.3. The van der Waals surface area contributed by atoms with Crippen LogP contribution in [0.25, 0.3) is 0 Å². The Balaban J connectivity index is 1.60. The number of benzene rings is 2. The lowest BCUT2D eigenvalue weighted by molar-refractivity contribution is 0.478. The Bertz CT molecular complexity index is 1300. The molecule has 200 valence electrons. The SMILES string of the molecule is CCCC#Cc1c(CCCc2cnc[nH]2)cccc1Oc1cccc(CCCc2cnc[nH]2)c1C#CCCC. The molecule has 0 amide bonds. The fraction of sp³-hybridized carbons (Fsp3) is 0.353. The number of aromatic amines is 2. The minimum Gasteiger partial charge on any atom is -0.455 e. The van der Waals surface area contributed by atoms with Crippen molar-refractivity contribution in [2.24, 2.45) is 0 Å². The first kappa shape index (κ1) is 27.8. The lowest BCUT2D eigenvalue weighted by Gasteiger charge is -2.15. The first-order valence-corrected chi connectivity index (χ1v) is 14.1. The van der Waals surface area contributed by atoms with E-state index in [1.54, 1.807) is 12.7 Å². The molecule has 0 aliphatic heterocycles. The standard InChI is InChI=1S/C34H38N4O/c1-3-5-7-19-31-27(13-9-17-29-23-35-25-37-29)15-11-21-33(31)39-34-22-12-16-28(32(34)20-8-6-4-2)14-10-18-30-24-36-26-38-30/h11-12,15-16,21-26H,3-6,9-10,13-14,17-18H2,1-2H3,(H,35,37)(H,36,38). The van der Waals surface area contributed by atoms with E-state index in [2.05, 4.69) is 81.7 Å². The van der Waals surface area contributed by atoms with E-state index in [-0.39, 0.29) is 0 Å². The van der Waals surface area contributed by atoms with Crippen LogP contribution in [0.2, 0.25) is 0 Å². The van der Waals surface area contributed by atoms with Crippen LogP contribution in [0.1, 0.15) is 86.0 Å². The van der Waals surface area contributed by atoms with Crippen LogP contribution in [0, 0.1) is 23.7 Å². The number of imidazole rings is 2. The normalized spacial score (nSPS) is 10.4. The van der Waals surface area contributed by atoms with Gasteiger partial charge < -0.3 is 14.7 Å². The maximum atomic E-state index is 6.65. The Morgan fingerprint density at radius 1 is 0.667 bits per heavy atom. The summed E-state index contributed by atoms with van der Waals surface area (Å²) in [6, 6.07) is 12.5. The Morgan fingerprint density at radius 3 is 1.56 bits per heavy atom. The number of ether oxygens (including phenoxy) is 1. The Hall–Kier alpha value is -4.22. The molecule has 0 unspecified atom stereocenters. The summed E-state index contributed by atoms with van der Waals surface area (Å²) in [5.74, 6) is 15.2. The number of nitrogens with one attached hydrogen (secondary N) is 2. The molecule has 4 rings (SSSR count). The third kappa shape index (κ3) is 8.39. The minimum atomic E-state index is 0.797. The highest BCUT2D eigenvalue weighted by molar-refractivity contribution is 5.57. The van der Waals surface area contributed by atoms with Gasteiger partial charge >= 0.3 is 0 Å². The van der Waals surface area contributed by atoms with E-state index < -0.39 is 0 Å². The number of hydrogen-bond donors (Lipinski definition) is 2. The van der Waals surface area contributed by atoms with Crippen LogP contribution >= 0.6 is 0 Å². The molecule has 0 atom stereocenters. The molecular weight excluding hydrogens is 480 g/mol. The van der Waals surface area contributed by atoms with E-state index in [0.717, 1.165) is 98.2 Å². The number of rotatable bonds is 12. The number of aryl methyl sites for hydroxylation is 4. The van der Waals surface area contributed by atoms with Crippen molar-refractivity contribution < 1.29 is 4.74 Å². The first-order valence-electron chi connectivity index (χ1n) is 14.1. The quantitative estimate of drug-likeness (QED) is 0.190. The van der Waals surface area contributed by atoms with Crippen molar-refractivity contribution in [3.05, 3.63) is 95.1 Å². The smallest absolute Gasteiger partial charge is 0.143 e. The van der Waals surface area contributed by atoms with E-state index in [1.807, 2.05) is 24.5 Å². The lowest BCUT2D eigenvalue weighted by atomic mass is 9.99. The molecule has 5 heteroatoms. The zero-order valence-corrected chi connectivity index (χ0v) is 23.1. The van der Waals surface area contributed by atoms with Crippen molar-refractivity contribution in [3.63, 3.8) is 0 Å². The van der Waals surface area contributed by atoms with Crippen LogP contribution in [-0.2, 0) is 25.7 Å². The molecule has 0 radical (unpaired) electrons. The Labute approximate surface area is 232 Å². The van der Waals surface area contributed by atoms with Crippen LogP contribution in [0.5, 0.6) is 11.5 Å². The molecule has 4 aromatic rings. The summed E-state index contributed by atoms with van der Waals surface area (Å²) in [6.45, 7) is 4.31. The largest absolute Gasteiger partial charge is 0.455 e. The van der Waals surface area contributed by atoms with Crippen molar-refractivity contribution in [1.82, 2.24) is 19.9 Å². The van der Waals surface area contributed by atoms with Gasteiger partial charge in [-0.15, -0.1) is 0 Å². The van der Waals surface area contributed by atoms with Gasteiger partial charge in [0.15, 0.2) is 0 Å². The van der Waals surface area contributed by atoms with E-state index >= 15 is 0 Å². The monoisotopic (exact) mass is 518 g/mol. The summed E-state index contributed by atoms with van der Waals surface area (Å²) in [4.78, 5) is 14.7. The van der Waals surface area contributed by atoms with Crippen molar-refractivity contribution in [2.45, 2.75) is 78.1 Å². The number of unbranched alkanes of at least 4 members (excludes halogenated alkanes) is 2. The molecule has 0 spiro atoms. The van der Waals surface area contributed by atoms with Gasteiger partial charge in [-0.25, -0.2) is 9.97 Å². The minimum absolute atomic E-state index is 0.797. The number of hydrogen-bond acceptors (Lipinski definition) is 3. The lowest BCUT2D eigenvalue weighted by Crippen LogP contribution is -2.00. The zero-order valence-electron chi connectivity index (χ0n) is 23.1. The number of aromatic nitrogens is 4. The molecule has 0 fully saturated rings. The van der Waals surface area contributed by atoms with Gasteiger partial charge in [-0.1, -0.05) is 61.8 Å². The van der Waals surface area contributed by atoms with Crippen molar-refractivity contribution in [3.8, 4) is 35.2 Å². The summed E-state index contributed by atoms with van der Waals surface area (Å²) < 4.78 is 6.65. The van der Waals surface area contributed by atoms with Crippen molar-refractivity contribution in [1.29, 1.82) is 0 Å². The number of nitrogens with zero attached hydrogens (tertiary/aromatic N) is 2. The predicted molar refractivity (Wildman–Crippen MR) is 158 cm³/mol. The highest BCUT2D eigenvalue weighted by Gasteiger charge is 2.13. The van der Waals surface area contributed by atoms with E-state index in [9.17, 15) is 0 Å². The van der Waals surface area contributed by atoms with E-state index in [4.69, 9.17) is 4.74 Å². The molecule has 39 heavy (non-hydrogen) atoms. The molecule has 0 aliphatic rings.